The van der Waals surface area contributed by atoms with Gasteiger partial charge in [0.2, 0.25) is 5.91 Å². The van der Waals surface area contributed by atoms with Gasteiger partial charge in [0, 0.05) is 23.6 Å². The summed E-state index contributed by atoms with van der Waals surface area (Å²) in [5.41, 5.74) is 2.00. The normalized spacial score (nSPS) is 16.7. The second kappa shape index (κ2) is 8.86. The van der Waals surface area contributed by atoms with Crippen molar-refractivity contribution in [1.29, 1.82) is 0 Å². The number of fused-ring (bicyclic) bond motifs is 1. The lowest BCUT2D eigenvalue weighted by Crippen LogP contribution is -2.39. The molecule has 30 heavy (non-hydrogen) atoms. The zero-order valence-electron chi connectivity index (χ0n) is 17.7. The lowest BCUT2D eigenvalue weighted by Gasteiger charge is -2.31. The summed E-state index contributed by atoms with van der Waals surface area (Å²) in [5.74, 6) is 2.96. The Balaban J connectivity index is 1.46. The number of hydrogen-bond acceptors (Lipinski definition) is 5. The topological polar surface area (TPSA) is 66.0 Å². The molecule has 1 amide bonds. The molecule has 6 nitrogen and oxygen atoms in total. The Morgan fingerprint density at radius 2 is 1.77 bits per heavy atom. The summed E-state index contributed by atoms with van der Waals surface area (Å²) in [5, 5.41) is 3.17. The van der Waals surface area contributed by atoms with Crippen molar-refractivity contribution in [1.82, 2.24) is 5.32 Å². The highest BCUT2D eigenvalue weighted by molar-refractivity contribution is 5.79. The van der Waals surface area contributed by atoms with E-state index >= 15 is 0 Å². The summed E-state index contributed by atoms with van der Waals surface area (Å²) < 4.78 is 22.1. The second-order valence-electron chi connectivity index (χ2n) is 7.98. The highest BCUT2D eigenvalue weighted by atomic mass is 16.6. The van der Waals surface area contributed by atoms with Gasteiger partial charge < -0.3 is 24.3 Å². The molecule has 1 aliphatic carbocycles. The van der Waals surface area contributed by atoms with Crippen LogP contribution in [-0.4, -0.2) is 39.9 Å². The van der Waals surface area contributed by atoms with E-state index in [4.69, 9.17) is 18.9 Å². The van der Waals surface area contributed by atoms with Crippen LogP contribution in [0.25, 0.3) is 0 Å². The van der Waals surface area contributed by atoms with Crippen LogP contribution in [0.15, 0.2) is 36.4 Å². The Hall–Kier alpha value is -2.89. The van der Waals surface area contributed by atoms with Gasteiger partial charge in [-0.1, -0.05) is 25.0 Å². The molecule has 0 bridgehead atoms. The Morgan fingerprint density at radius 3 is 2.50 bits per heavy atom. The minimum Gasteiger partial charge on any atom is -0.497 e. The molecular weight excluding hydrogens is 382 g/mol. The molecule has 0 spiro atoms. The van der Waals surface area contributed by atoms with Crippen molar-refractivity contribution in [2.75, 3.05) is 34.0 Å². The van der Waals surface area contributed by atoms with Gasteiger partial charge in [-0.05, 0) is 36.6 Å². The van der Waals surface area contributed by atoms with Gasteiger partial charge >= 0.3 is 0 Å². The van der Waals surface area contributed by atoms with E-state index in [1.807, 2.05) is 18.2 Å². The molecule has 2 aromatic carbocycles. The van der Waals surface area contributed by atoms with Gasteiger partial charge in [-0.3, -0.25) is 4.79 Å². The third-order valence-corrected chi connectivity index (χ3v) is 6.18. The van der Waals surface area contributed by atoms with Gasteiger partial charge in [0.05, 0.1) is 20.6 Å². The first-order chi connectivity index (χ1) is 14.6. The molecule has 6 heteroatoms. The maximum atomic E-state index is 12.8. The molecule has 0 radical (unpaired) electrons. The summed E-state index contributed by atoms with van der Waals surface area (Å²) in [6.07, 6.45) is 4.70. The van der Waals surface area contributed by atoms with Crippen LogP contribution in [0.3, 0.4) is 0 Å². The number of amides is 1. The van der Waals surface area contributed by atoms with Gasteiger partial charge in [-0.25, -0.2) is 0 Å². The van der Waals surface area contributed by atoms with Crippen LogP contribution < -0.4 is 24.3 Å². The Kier molecular flexibility index (Phi) is 6.02. The van der Waals surface area contributed by atoms with Crippen LogP contribution in [0.5, 0.6) is 23.0 Å². The first-order valence-corrected chi connectivity index (χ1v) is 10.5. The van der Waals surface area contributed by atoms with Crippen LogP contribution in [0, 0.1) is 0 Å². The molecule has 0 unspecified atom stereocenters. The summed E-state index contributed by atoms with van der Waals surface area (Å²) in [7, 11) is 3.21. The lowest BCUT2D eigenvalue weighted by atomic mass is 9.78. The minimum atomic E-state index is -0.0600. The molecule has 2 aromatic rings. The van der Waals surface area contributed by atoms with Crippen LogP contribution in [0.2, 0.25) is 0 Å². The van der Waals surface area contributed by atoms with Gasteiger partial charge in [-0.2, -0.15) is 0 Å². The smallest absolute Gasteiger partial charge is 0.224 e. The van der Waals surface area contributed by atoms with E-state index in [9.17, 15) is 4.79 Å². The van der Waals surface area contributed by atoms with Crippen molar-refractivity contribution in [2.24, 2.45) is 0 Å². The molecule has 4 rings (SSSR count). The quantitative estimate of drug-likeness (QED) is 0.754. The zero-order valence-corrected chi connectivity index (χ0v) is 17.7. The van der Waals surface area contributed by atoms with Crippen LogP contribution in [0.1, 0.15) is 36.8 Å². The maximum Gasteiger partial charge on any atom is 0.224 e. The van der Waals surface area contributed by atoms with E-state index in [0.717, 1.165) is 42.7 Å². The Bertz CT molecular complexity index is 904. The van der Waals surface area contributed by atoms with E-state index < -0.39 is 0 Å². The monoisotopic (exact) mass is 411 g/mol. The van der Waals surface area contributed by atoms with Gasteiger partial charge in [-0.15, -0.1) is 0 Å². The lowest BCUT2D eigenvalue weighted by molar-refractivity contribution is -0.120. The van der Waals surface area contributed by atoms with Crippen LogP contribution >= 0.6 is 0 Å². The zero-order chi connectivity index (χ0) is 21.0. The molecular formula is C24H29NO5. The van der Waals surface area contributed by atoms with E-state index in [2.05, 4.69) is 17.4 Å². The minimum absolute atomic E-state index is 0.0118. The molecule has 0 aromatic heterocycles. The fourth-order valence-corrected chi connectivity index (χ4v) is 4.49. The number of carbonyl (C=O) groups excluding carboxylic acids is 1. The number of methoxy groups -OCH3 is 2. The van der Waals surface area contributed by atoms with Crippen LogP contribution in [0.4, 0.5) is 0 Å². The Morgan fingerprint density at radius 1 is 1.00 bits per heavy atom. The molecule has 0 saturated heterocycles. The first kappa shape index (κ1) is 20.4. The molecule has 1 N–H and O–H groups in total. The van der Waals surface area contributed by atoms with Crippen molar-refractivity contribution in [3.05, 3.63) is 47.5 Å². The number of ether oxygens (including phenoxy) is 4. The van der Waals surface area contributed by atoms with Crippen molar-refractivity contribution in [3.63, 3.8) is 0 Å². The molecule has 2 aliphatic rings. The molecule has 1 heterocycles. The third kappa shape index (κ3) is 4.18. The highest BCUT2D eigenvalue weighted by Crippen LogP contribution is 2.43. The van der Waals surface area contributed by atoms with Gasteiger partial charge in [0.25, 0.3) is 0 Å². The number of nitrogens with one attached hydrogen (secondary N) is 1. The number of hydrogen-bond donors (Lipinski definition) is 1. The van der Waals surface area contributed by atoms with E-state index in [-0.39, 0.29) is 17.7 Å². The fraction of sp³-hybridized carbons (Fsp3) is 0.458. The standard InChI is InChI=1S/C24H29NO5/c1-27-19-7-5-17(21(15-19)28-2)13-23(26)25-16-24(9-3-4-10-24)18-6-8-20-22(14-18)30-12-11-29-20/h5-8,14-15H,3-4,9-13,16H2,1-2H3,(H,25,26). The SMILES string of the molecule is COc1ccc(CC(=O)NCC2(c3ccc4c(c3)OCCO4)CCCC2)c(OC)c1. The molecule has 0 atom stereocenters. The molecule has 1 saturated carbocycles. The fourth-order valence-electron chi connectivity index (χ4n) is 4.49. The average molecular weight is 411 g/mol. The highest BCUT2D eigenvalue weighted by Gasteiger charge is 2.36. The van der Waals surface area contributed by atoms with E-state index in [1.165, 1.54) is 5.56 Å². The third-order valence-electron chi connectivity index (χ3n) is 6.18. The second-order valence-corrected chi connectivity index (χ2v) is 7.98. The molecule has 1 aliphatic heterocycles. The summed E-state index contributed by atoms with van der Waals surface area (Å²) >= 11 is 0. The number of benzene rings is 2. The predicted molar refractivity (Wildman–Crippen MR) is 114 cm³/mol. The van der Waals surface area contributed by atoms with Crippen molar-refractivity contribution >= 4 is 5.91 Å². The number of carbonyl (C=O) groups is 1. The van der Waals surface area contributed by atoms with Crippen LogP contribution in [-0.2, 0) is 16.6 Å². The largest absolute Gasteiger partial charge is 0.497 e. The molecule has 160 valence electrons. The summed E-state index contributed by atoms with van der Waals surface area (Å²) in [6.45, 7) is 1.77. The number of rotatable bonds is 7. The van der Waals surface area contributed by atoms with Crippen molar-refractivity contribution in [3.8, 4) is 23.0 Å². The average Bonchev–Trinajstić information content (AvgIpc) is 3.28. The van der Waals surface area contributed by atoms with Gasteiger partial charge in [0.1, 0.15) is 24.7 Å². The van der Waals surface area contributed by atoms with E-state index in [0.29, 0.717) is 31.3 Å². The predicted octanol–water partition coefficient (Wildman–Crippen LogP) is 3.65. The van der Waals surface area contributed by atoms with Crippen molar-refractivity contribution < 1.29 is 23.7 Å². The van der Waals surface area contributed by atoms with E-state index in [1.54, 1.807) is 20.3 Å². The maximum absolute atomic E-state index is 12.8. The van der Waals surface area contributed by atoms with Gasteiger partial charge in [0.15, 0.2) is 11.5 Å². The molecule has 1 fully saturated rings. The summed E-state index contributed by atoms with van der Waals surface area (Å²) in [4.78, 5) is 12.8. The Labute approximate surface area is 177 Å². The summed E-state index contributed by atoms with van der Waals surface area (Å²) in [6, 6.07) is 11.7. The first-order valence-electron chi connectivity index (χ1n) is 10.5. The van der Waals surface area contributed by atoms with Crippen molar-refractivity contribution in [2.45, 2.75) is 37.5 Å².